The van der Waals surface area contributed by atoms with Gasteiger partial charge in [-0.2, -0.15) is 5.26 Å². The molecule has 3 nitrogen and oxygen atoms in total. The molecule has 1 aliphatic rings. The summed E-state index contributed by atoms with van der Waals surface area (Å²) in [5.41, 5.74) is 1.20. The molecule has 4 heteroatoms. The average Bonchev–Trinajstić information content (AvgIpc) is 2.93. The number of benzene rings is 1. The molecule has 94 valence electrons. The molecule has 1 aliphatic carbocycles. The van der Waals surface area contributed by atoms with Gasteiger partial charge in [-0.25, -0.2) is 0 Å². The summed E-state index contributed by atoms with van der Waals surface area (Å²) in [4.78, 5) is 0. The van der Waals surface area contributed by atoms with Gasteiger partial charge in [-0.1, -0.05) is 30.3 Å². The highest BCUT2D eigenvalue weighted by molar-refractivity contribution is 6.26. The molecule has 1 aromatic carbocycles. The average molecular weight is 264 g/mol. The molecule has 0 aromatic heterocycles. The Hall–Kier alpha value is -1.50. The van der Waals surface area contributed by atoms with Crippen LogP contribution in [0.2, 0.25) is 0 Å². The number of ether oxygens (including phenoxy) is 1. The van der Waals surface area contributed by atoms with E-state index >= 15 is 0 Å². The second-order valence-electron chi connectivity index (χ2n) is 4.32. The van der Waals surface area contributed by atoms with E-state index in [0.717, 1.165) is 11.3 Å². The van der Waals surface area contributed by atoms with Crippen LogP contribution in [0.5, 0.6) is 5.75 Å². The van der Waals surface area contributed by atoms with Gasteiger partial charge in [0.2, 0.25) is 0 Å². The van der Waals surface area contributed by atoms with Gasteiger partial charge in [0, 0.05) is 17.4 Å². The molecule has 0 saturated heterocycles. The maximum atomic E-state index is 10.0. The highest BCUT2D eigenvalue weighted by atomic mass is 35.5. The lowest BCUT2D eigenvalue weighted by atomic mass is 10.1. The first-order valence-electron chi connectivity index (χ1n) is 5.75. The number of halogens is 1. The minimum absolute atomic E-state index is 0.276. The monoisotopic (exact) mass is 263 g/mol. The van der Waals surface area contributed by atoms with Gasteiger partial charge in [0.1, 0.15) is 5.75 Å². The van der Waals surface area contributed by atoms with Crippen molar-refractivity contribution in [3.8, 4) is 11.8 Å². The van der Waals surface area contributed by atoms with Crippen LogP contribution in [0.4, 0.5) is 0 Å². The molecule has 0 amide bonds. The van der Waals surface area contributed by atoms with Crippen LogP contribution in [0, 0.1) is 17.2 Å². The van der Waals surface area contributed by atoms with Crippen molar-refractivity contribution >= 4 is 11.6 Å². The Labute approximate surface area is 111 Å². The normalized spacial score (nSPS) is 29.4. The van der Waals surface area contributed by atoms with Crippen LogP contribution in [-0.4, -0.2) is 16.8 Å². The van der Waals surface area contributed by atoms with Crippen molar-refractivity contribution in [2.75, 3.05) is 6.61 Å². The van der Waals surface area contributed by atoms with Crippen LogP contribution >= 0.6 is 11.6 Å². The Kier molecular flexibility index (Phi) is 3.34. The third-order valence-corrected chi connectivity index (χ3v) is 3.64. The van der Waals surface area contributed by atoms with Crippen molar-refractivity contribution in [1.82, 2.24) is 0 Å². The summed E-state index contributed by atoms with van der Waals surface area (Å²) in [6, 6.07) is 9.32. The lowest BCUT2D eigenvalue weighted by molar-refractivity contribution is 0.219. The van der Waals surface area contributed by atoms with Crippen molar-refractivity contribution in [2.24, 2.45) is 5.92 Å². The van der Waals surface area contributed by atoms with E-state index in [0.29, 0.717) is 12.2 Å². The molecule has 1 fully saturated rings. The highest BCUT2D eigenvalue weighted by Crippen LogP contribution is 2.63. The zero-order valence-corrected chi connectivity index (χ0v) is 10.8. The van der Waals surface area contributed by atoms with E-state index in [1.54, 1.807) is 0 Å². The Balaban J connectivity index is 2.18. The summed E-state index contributed by atoms with van der Waals surface area (Å²) in [6.07, 6.45) is 0. The van der Waals surface area contributed by atoms with Crippen LogP contribution < -0.4 is 4.74 Å². The van der Waals surface area contributed by atoms with Crippen molar-refractivity contribution in [3.05, 3.63) is 42.0 Å². The molecule has 1 aromatic rings. The number of nitriles is 1. The maximum absolute atomic E-state index is 10.0. The molecular weight excluding hydrogens is 250 g/mol. The van der Waals surface area contributed by atoms with Crippen LogP contribution in [0.15, 0.2) is 36.4 Å². The van der Waals surface area contributed by atoms with Gasteiger partial charge in [-0.05, 0) is 24.6 Å². The summed E-state index contributed by atoms with van der Waals surface area (Å²) < 4.78 is 5.34. The number of aliphatic hydroxyl groups is 1. The van der Waals surface area contributed by atoms with E-state index < -0.39 is 11.0 Å². The zero-order valence-electron chi connectivity index (χ0n) is 10.1. The van der Waals surface area contributed by atoms with Crippen molar-refractivity contribution in [3.63, 3.8) is 0 Å². The van der Waals surface area contributed by atoms with Crippen molar-refractivity contribution in [2.45, 2.75) is 17.9 Å². The molecule has 3 atom stereocenters. The third kappa shape index (κ3) is 2.10. The molecule has 0 heterocycles. The molecule has 0 bridgehead atoms. The lowest BCUT2D eigenvalue weighted by Crippen LogP contribution is -2.01. The molecule has 1 N–H and O–H groups in total. The second kappa shape index (κ2) is 4.64. The predicted molar refractivity (Wildman–Crippen MR) is 69.4 cm³/mol. The minimum Gasteiger partial charge on any atom is -0.494 e. The Bertz CT molecular complexity index is 502. The van der Waals surface area contributed by atoms with E-state index in [1.165, 1.54) is 0 Å². The minimum atomic E-state index is -1.39. The number of hydrogen-bond donors (Lipinski definition) is 1. The smallest absolute Gasteiger partial charge is 0.154 e. The fourth-order valence-electron chi connectivity index (χ4n) is 2.22. The fourth-order valence-corrected chi connectivity index (χ4v) is 2.67. The fraction of sp³-hybridized carbons (Fsp3) is 0.357. The lowest BCUT2D eigenvalue weighted by Gasteiger charge is -2.04. The van der Waals surface area contributed by atoms with Gasteiger partial charge in [-0.15, -0.1) is 0 Å². The van der Waals surface area contributed by atoms with Gasteiger partial charge in [-0.3, -0.25) is 0 Å². The topological polar surface area (TPSA) is 53.2 Å². The van der Waals surface area contributed by atoms with Crippen molar-refractivity contribution in [1.29, 1.82) is 5.26 Å². The summed E-state index contributed by atoms with van der Waals surface area (Å²) >= 11 is 5.99. The van der Waals surface area contributed by atoms with Crippen molar-refractivity contribution < 1.29 is 9.84 Å². The number of alkyl halides is 1. The summed E-state index contributed by atoms with van der Waals surface area (Å²) in [5, 5.41) is 17.4. The van der Waals surface area contributed by atoms with Gasteiger partial charge in [0.15, 0.2) is 5.06 Å². The standard InChI is InChI=1S/C14H14ClNO2/c1-3-18-11-6-4-10(5-7-11)13-12(9(2)8-16)14(13,15)17/h4-7,12-13,17H,2-3H2,1H3. The first kappa shape index (κ1) is 12.9. The molecular formula is C14H14ClNO2. The molecule has 1 saturated carbocycles. The molecule has 18 heavy (non-hydrogen) atoms. The van der Waals surface area contributed by atoms with Crippen LogP contribution in [0.25, 0.3) is 0 Å². The Morgan fingerprint density at radius 3 is 2.67 bits per heavy atom. The SMILES string of the molecule is C=C(C#N)C1C(c2ccc(OCC)cc2)C1(O)Cl. The van der Waals surface area contributed by atoms with E-state index in [9.17, 15) is 5.11 Å². The van der Waals surface area contributed by atoms with E-state index in [-0.39, 0.29) is 5.92 Å². The second-order valence-corrected chi connectivity index (χ2v) is 4.93. The first-order valence-corrected chi connectivity index (χ1v) is 6.13. The van der Waals surface area contributed by atoms with Gasteiger partial charge in [0.25, 0.3) is 0 Å². The summed E-state index contributed by atoms with van der Waals surface area (Å²) in [7, 11) is 0. The van der Waals surface area contributed by atoms with E-state index in [2.05, 4.69) is 6.58 Å². The number of nitrogens with zero attached hydrogens (tertiary/aromatic N) is 1. The predicted octanol–water partition coefficient (Wildman–Crippen LogP) is 2.81. The molecule has 3 unspecified atom stereocenters. The largest absolute Gasteiger partial charge is 0.494 e. The van der Waals surface area contributed by atoms with Crippen LogP contribution in [0.1, 0.15) is 18.4 Å². The van der Waals surface area contributed by atoms with E-state index in [4.69, 9.17) is 21.6 Å². The summed E-state index contributed by atoms with van der Waals surface area (Å²) in [5.74, 6) is 0.0970. The third-order valence-electron chi connectivity index (χ3n) is 3.17. The van der Waals surface area contributed by atoms with Gasteiger partial charge in [0.05, 0.1) is 12.7 Å². The quantitative estimate of drug-likeness (QED) is 0.671. The highest BCUT2D eigenvalue weighted by Gasteiger charge is 2.65. The molecule has 0 spiro atoms. The zero-order chi connectivity index (χ0) is 13.3. The number of hydrogen-bond acceptors (Lipinski definition) is 3. The van der Waals surface area contributed by atoms with Crippen LogP contribution in [-0.2, 0) is 0 Å². The van der Waals surface area contributed by atoms with E-state index in [1.807, 2.05) is 37.3 Å². The maximum Gasteiger partial charge on any atom is 0.154 e. The molecule has 0 radical (unpaired) electrons. The van der Waals surface area contributed by atoms with Gasteiger partial charge >= 0.3 is 0 Å². The molecule has 0 aliphatic heterocycles. The number of rotatable bonds is 4. The van der Waals surface area contributed by atoms with Gasteiger partial charge < -0.3 is 9.84 Å². The van der Waals surface area contributed by atoms with Crippen LogP contribution in [0.3, 0.4) is 0 Å². The Morgan fingerprint density at radius 2 is 2.17 bits per heavy atom. The molecule has 2 rings (SSSR count). The summed E-state index contributed by atoms with van der Waals surface area (Å²) in [6.45, 7) is 6.15. The Morgan fingerprint density at radius 1 is 1.56 bits per heavy atom. The first-order chi connectivity index (χ1) is 8.52.